The molecular weight excluding hydrogens is 586 g/mol. The Labute approximate surface area is 271 Å². The van der Waals surface area contributed by atoms with Crippen LogP contribution in [-0.4, -0.2) is 54.5 Å². The molecule has 2 fully saturated rings. The number of carbonyl (C=O) groups is 2. The number of nitrogens with one attached hydrogen (secondary N) is 1. The van der Waals surface area contributed by atoms with Crippen LogP contribution >= 0.6 is 0 Å². The van der Waals surface area contributed by atoms with Gasteiger partial charge in [-0.05, 0) is 93.8 Å². The number of hydrogen-bond donors (Lipinski definition) is 1. The van der Waals surface area contributed by atoms with Crippen LogP contribution in [0.5, 0.6) is 17.2 Å². The van der Waals surface area contributed by atoms with E-state index in [2.05, 4.69) is 5.32 Å². The highest BCUT2D eigenvalue weighted by molar-refractivity contribution is 5.88. The minimum Gasteiger partial charge on any atom is -0.497 e. The van der Waals surface area contributed by atoms with Crippen LogP contribution in [-0.2, 0) is 22.7 Å². The van der Waals surface area contributed by atoms with Gasteiger partial charge in [0.2, 0.25) is 0 Å². The van der Waals surface area contributed by atoms with E-state index >= 15 is 0 Å². The molecule has 10 nitrogen and oxygen atoms in total. The van der Waals surface area contributed by atoms with E-state index in [9.17, 15) is 9.59 Å². The van der Waals surface area contributed by atoms with Crippen molar-refractivity contribution >= 4 is 18.0 Å². The van der Waals surface area contributed by atoms with Gasteiger partial charge in [0.25, 0.3) is 0 Å². The summed E-state index contributed by atoms with van der Waals surface area (Å²) in [6, 6.07) is 15.6. The van der Waals surface area contributed by atoms with Crippen molar-refractivity contribution in [2.45, 2.75) is 78.6 Å². The van der Waals surface area contributed by atoms with E-state index < -0.39 is 11.7 Å². The van der Waals surface area contributed by atoms with Gasteiger partial charge in [0.05, 0.1) is 25.0 Å². The van der Waals surface area contributed by atoms with Gasteiger partial charge in [-0.3, -0.25) is 5.32 Å². The number of aromatic nitrogens is 1. The second kappa shape index (κ2) is 13.9. The van der Waals surface area contributed by atoms with E-state index in [1.807, 2.05) is 69.3 Å². The average Bonchev–Trinajstić information content (AvgIpc) is 3.86. The largest absolute Gasteiger partial charge is 0.497 e. The highest BCUT2D eigenvalue weighted by Crippen LogP contribution is 2.43. The van der Waals surface area contributed by atoms with Gasteiger partial charge >= 0.3 is 12.2 Å². The molecule has 1 saturated heterocycles. The third kappa shape index (κ3) is 7.84. The van der Waals surface area contributed by atoms with Crippen molar-refractivity contribution < 1.29 is 33.3 Å². The molecule has 3 aliphatic rings. The minimum absolute atomic E-state index is 0. The van der Waals surface area contributed by atoms with E-state index in [0.29, 0.717) is 55.2 Å². The molecule has 1 atom stereocenters. The zero-order valence-corrected chi connectivity index (χ0v) is 26.4. The summed E-state index contributed by atoms with van der Waals surface area (Å²) in [5.74, 6) is 3.06. The molecule has 0 spiro atoms. The van der Waals surface area contributed by atoms with Gasteiger partial charge in [0, 0.05) is 24.6 Å². The molecular formula is C36H45N3O7. The number of cyclic esters (lactones) is 1. The number of pyridine rings is 1. The number of ether oxygens (including phenoxy) is 5. The molecule has 3 aromatic rings. The maximum Gasteiger partial charge on any atom is 0.413 e. The lowest BCUT2D eigenvalue weighted by molar-refractivity contribution is 0.0198. The molecule has 1 N–H and O–H groups in total. The Balaban J connectivity index is 0.00000417. The topological polar surface area (TPSA) is 108 Å². The van der Waals surface area contributed by atoms with Crippen molar-refractivity contribution in [3.8, 4) is 28.5 Å². The van der Waals surface area contributed by atoms with Crippen molar-refractivity contribution in [3.05, 3.63) is 65.2 Å². The van der Waals surface area contributed by atoms with Crippen molar-refractivity contribution in [2.24, 2.45) is 5.92 Å². The highest BCUT2D eigenvalue weighted by atomic mass is 16.6. The fourth-order valence-corrected chi connectivity index (χ4v) is 5.71. The number of carbonyl (C=O) groups excluding carboxylic acids is 2. The molecule has 2 aromatic carbocycles. The van der Waals surface area contributed by atoms with Crippen LogP contribution in [0, 0.1) is 5.92 Å². The van der Waals surface area contributed by atoms with Gasteiger partial charge in [0.15, 0.2) is 0 Å². The first-order valence-electron chi connectivity index (χ1n) is 15.6. The highest BCUT2D eigenvalue weighted by Gasteiger charge is 2.33. The molecule has 246 valence electrons. The lowest BCUT2D eigenvalue weighted by Gasteiger charge is -2.35. The molecule has 10 heteroatoms. The maximum atomic E-state index is 13.0. The zero-order chi connectivity index (χ0) is 31.6. The summed E-state index contributed by atoms with van der Waals surface area (Å²) < 4.78 is 29.2. The van der Waals surface area contributed by atoms with E-state index in [4.69, 9.17) is 28.7 Å². The van der Waals surface area contributed by atoms with Crippen molar-refractivity contribution in [1.82, 2.24) is 9.88 Å². The first-order chi connectivity index (χ1) is 21.7. The van der Waals surface area contributed by atoms with Gasteiger partial charge in [-0.25, -0.2) is 14.6 Å². The quantitative estimate of drug-likeness (QED) is 0.254. The summed E-state index contributed by atoms with van der Waals surface area (Å²) in [6.07, 6.45) is 3.13. The minimum atomic E-state index is -0.586. The van der Waals surface area contributed by atoms with Crippen LogP contribution in [0.15, 0.2) is 48.5 Å². The molecule has 1 unspecified atom stereocenters. The van der Waals surface area contributed by atoms with Crippen LogP contribution in [0.25, 0.3) is 11.3 Å². The number of benzene rings is 2. The van der Waals surface area contributed by atoms with Gasteiger partial charge < -0.3 is 28.6 Å². The standard InChI is InChI=1S/C35H41N3O7.CH4/c1-35(2,3)45-34(40)38-16-6-7-24(18-38)26-17-28(36-32-27(26)21-44-33(39)37-32)31-29(42-19-22-10-11-22)8-5-9-30(31)43-20-23-12-14-25(41-4)15-13-23;/h5,8-9,12-15,17,22,24H,6-7,10-11,16,18-21H2,1-4H3,(H,36,37,39);1H4. The van der Waals surface area contributed by atoms with Gasteiger partial charge in [0.1, 0.15) is 41.9 Å². The number of hydrogen-bond acceptors (Lipinski definition) is 8. The zero-order valence-electron chi connectivity index (χ0n) is 26.4. The van der Waals surface area contributed by atoms with E-state index in [1.165, 1.54) is 0 Å². The SMILES string of the molecule is C.COc1ccc(COc2cccc(OCC3CC3)c2-c2cc(C3CCCN(C(=O)OC(C)(C)C)C3)c3c(n2)NC(=O)OC3)cc1. The fourth-order valence-electron chi connectivity index (χ4n) is 5.71. The predicted octanol–water partition coefficient (Wildman–Crippen LogP) is 7.94. The van der Waals surface area contributed by atoms with E-state index in [-0.39, 0.29) is 26.0 Å². The normalized spacial score (nSPS) is 17.5. The van der Waals surface area contributed by atoms with Crippen LogP contribution < -0.4 is 19.5 Å². The molecule has 2 aliphatic heterocycles. The van der Waals surface area contributed by atoms with Crippen LogP contribution in [0.1, 0.15) is 76.5 Å². The Kier molecular flexibility index (Phi) is 9.94. The second-order valence-corrected chi connectivity index (χ2v) is 12.9. The Hall–Kier alpha value is -4.47. The third-order valence-corrected chi connectivity index (χ3v) is 8.21. The molecule has 1 aromatic heterocycles. The molecule has 1 saturated carbocycles. The molecule has 2 amide bonds. The summed E-state index contributed by atoms with van der Waals surface area (Å²) in [4.78, 5) is 32.1. The summed E-state index contributed by atoms with van der Waals surface area (Å²) in [6.45, 7) is 7.77. The van der Waals surface area contributed by atoms with E-state index in [1.54, 1.807) is 12.0 Å². The van der Waals surface area contributed by atoms with Crippen molar-refractivity contribution in [3.63, 3.8) is 0 Å². The monoisotopic (exact) mass is 631 g/mol. The average molecular weight is 632 g/mol. The number of rotatable bonds is 9. The molecule has 0 bridgehead atoms. The van der Waals surface area contributed by atoms with Crippen LogP contribution in [0.2, 0.25) is 0 Å². The van der Waals surface area contributed by atoms with Gasteiger partial charge in [-0.15, -0.1) is 0 Å². The number of methoxy groups -OCH3 is 1. The first-order valence-corrected chi connectivity index (χ1v) is 15.6. The molecule has 3 heterocycles. The summed E-state index contributed by atoms with van der Waals surface area (Å²) in [5.41, 5.74) is 3.52. The Morgan fingerprint density at radius 3 is 2.50 bits per heavy atom. The molecule has 6 rings (SSSR count). The lowest BCUT2D eigenvalue weighted by Crippen LogP contribution is -2.42. The lowest BCUT2D eigenvalue weighted by atomic mass is 9.87. The van der Waals surface area contributed by atoms with Crippen LogP contribution in [0.3, 0.4) is 0 Å². The third-order valence-electron chi connectivity index (χ3n) is 8.21. The molecule has 1 aliphatic carbocycles. The predicted molar refractivity (Wildman–Crippen MR) is 176 cm³/mol. The maximum absolute atomic E-state index is 13.0. The number of fused-ring (bicyclic) bond motifs is 1. The summed E-state index contributed by atoms with van der Waals surface area (Å²) >= 11 is 0. The number of piperidine rings is 1. The summed E-state index contributed by atoms with van der Waals surface area (Å²) in [7, 11) is 1.64. The van der Waals surface area contributed by atoms with Gasteiger partial charge in [-0.1, -0.05) is 25.6 Å². The fraction of sp³-hybridized carbons (Fsp3) is 0.472. The number of nitrogens with zero attached hydrogens (tertiary/aromatic N) is 2. The Morgan fingerprint density at radius 2 is 1.80 bits per heavy atom. The first kappa shape index (κ1) is 32.9. The Morgan fingerprint density at radius 1 is 1.07 bits per heavy atom. The molecule has 46 heavy (non-hydrogen) atoms. The number of likely N-dealkylation sites (tertiary alicyclic amines) is 1. The Bertz CT molecular complexity index is 1550. The van der Waals surface area contributed by atoms with Crippen molar-refractivity contribution in [2.75, 3.05) is 32.1 Å². The smallest absolute Gasteiger partial charge is 0.413 e. The van der Waals surface area contributed by atoms with Crippen LogP contribution in [0.4, 0.5) is 15.4 Å². The van der Waals surface area contributed by atoms with E-state index in [0.717, 1.165) is 53.7 Å². The molecule has 0 radical (unpaired) electrons. The summed E-state index contributed by atoms with van der Waals surface area (Å²) in [5, 5.41) is 2.81. The van der Waals surface area contributed by atoms with Gasteiger partial charge in [-0.2, -0.15) is 0 Å². The number of amides is 2. The van der Waals surface area contributed by atoms with Crippen molar-refractivity contribution in [1.29, 1.82) is 0 Å². The second-order valence-electron chi connectivity index (χ2n) is 12.9. The number of anilines is 1.